The maximum absolute atomic E-state index is 13.0. The number of aliphatic hydroxyl groups is 5. The summed E-state index contributed by atoms with van der Waals surface area (Å²) in [6.07, 6.45) is 7.21. The van der Waals surface area contributed by atoms with Crippen molar-refractivity contribution in [1.82, 2.24) is 4.98 Å². The van der Waals surface area contributed by atoms with Crippen molar-refractivity contribution in [3.63, 3.8) is 0 Å². The zero-order valence-electron chi connectivity index (χ0n) is 23.4. The van der Waals surface area contributed by atoms with Crippen LogP contribution in [0.2, 0.25) is 0 Å². The summed E-state index contributed by atoms with van der Waals surface area (Å²) in [5.74, 6) is -1.63. The number of ether oxygens (including phenoxy) is 1. The highest BCUT2D eigenvalue weighted by Crippen LogP contribution is 2.27. The first kappa shape index (κ1) is 32.8. The summed E-state index contributed by atoms with van der Waals surface area (Å²) < 4.78 is 5.67. The Balaban J connectivity index is 2.32. The molecule has 1 aromatic rings. The Labute approximate surface area is 235 Å². The van der Waals surface area contributed by atoms with Gasteiger partial charge in [-0.15, -0.1) is 11.3 Å². The molecule has 39 heavy (non-hydrogen) atoms. The number of carbonyl (C=O) groups excluding carboxylic acids is 1. The van der Waals surface area contributed by atoms with Crippen molar-refractivity contribution in [3.05, 3.63) is 69.3 Å². The number of thiazole rings is 1. The van der Waals surface area contributed by atoms with Gasteiger partial charge in [0.25, 0.3) is 0 Å². The van der Waals surface area contributed by atoms with E-state index in [1.54, 1.807) is 30.5 Å². The van der Waals surface area contributed by atoms with Crippen molar-refractivity contribution in [2.75, 3.05) is 6.61 Å². The number of esters is 1. The van der Waals surface area contributed by atoms with Crippen LogP contribution < -0.4 is 0 Å². The zero-order chi connectivity index (χ0) is 29.1. The van der Waals surface area contributed by atoms with Crippen LogP contribution in [0.5, 0.6) is 0 Å². The third kappa shape index (κ3) is 10.3. The number of aromatic nitrogens is 1. The summed E-state index contributed by atoms with van der Waals surface area (Å²) in [4.78, 5) is 17.4. The van der Waals surface area contributed by atoms with Gasteiger partial charge in [0.05, 0.1) is 36.5 Å². The van der Waals surface area contributed by atoms with Crippen LogP contribution in [0.1, 0.15) is 70.5 Å². The molecule has 0 aliphatic carbocycles. The minimum Gasteiger partial charge on any atom is -0.456 e. The van der Waals surface area contributed by atoms with Gasteiger partial charge in [-0.1, -0.05) is 54.5 Å². The molecule has 7 unspecified atom stereocenters. The molecule has 0 fully saturated rings. The van der Waals surface area contributed by atoms with Crippen LogP contribution in [-0.4, -0.2) is 73.6 Å². The molecule has 1 aliphatic rings. The fraction of sp³-hybridized carbons (Fsp3) is 0.533. The largest absolute Gasteiger partial charge is 0.456 e. The van der Waals surface area contributed by atoms with Crippen LogP contribution in [0.3, 0.4) is 0 Å². The average Bonchev–Trinajstić information content (AvgIpc) is 3.34. The minimum absolute atomic E-state index is 0.00774. The lowest BCUT2D eigenvalue weighted by Crippen LogP contribution is -2.43. The highest BCUT2D eigenvalue weighted by molar-refractivity contribution is 7.09. The quantitative estimate of drug-likeness (QED) is 0.250. The van der Waals surface area contributed by atoms with Crippen molar-refractivity contribution < 1.29 is 35.1 Å². The highest BCUT2D eigenvalue weighted by Gasteiger charge is 2.32. The van der Waals surface area contributed by atoms with Gasteiger partial charge >= 0.3 is 5.97 Å². The Morgan fingerprint density at radius 2 is 1.97 bits per heavy atom. The number of aliphatic hydroxyl groups excluding tert-OH is 5. The molecule has 0 aromatic carbocycles. The Bertz CT molecular complexity index is 1090. The van der Waals surface area contributed by atoms with Crippen molar-refractivity contribution in [3.8, 4) is 0 Å². The Morgan fingerprint density at radius 1 is 1.26 bits per heavy atom. The number of rotatable bonds is 7. The molecule has 7 atom stereocenters. The fourth-order valence-corrected chi connectivity index (χ4v) is 5.29. The first-order valence-electron chi connectivity index (χ1n) is 13.3. The molecule has 9 heteroatoms. The van der Waals surface area contributed by atoms with Gasteiger partial charge in [0, 0.05) is 23.8 Å². The minimum atomic E-state index is -1.33. The molecule has 0 saturated carbocycles. The summed E-state index contributed by atoms with van der Waals surface area (Å²) in [6, 6.07) is 0. The van der Waals surface area contributed by atoms with Crippen LogP contribution in [0.25, 0.3) is 6.08 Å². The molecule has 0 radical (unpaired) electrons. The molecule has 1 aliphatic heterocycles. The molecule has 0 amide bonds. The maximum Gasteiger partial charge on any atom is 0.334 e. The van der Waals surface area contributed by atoms with E-state index in [4.69, 9.17) is 4.74 Å². The second kappa shape index (κ2) is 16.0. The van der Waals surface area contributed by atoms with Gasteiger partial charge in [0.15, 0.2) is 0 Å². The van der Waals surface area contributed by atoms with Gasteiger partial charge in [0.2, 0.25) is 0 Å². The first-order valence-corrected chi connectivity index (χ1v) is 14.2. The van der Waals surface area contributed by atoms with Crippen LogP contribution in [0.15, 0.2) is 58.6 Å². The van der Waals surface area contributed by atoms with Gasteiger partial charge in [0.1, 0.15) is 17.2 Å². The van der Waals surface area contributed by atoms with E-state index in [1.807, 2.05) is 39.8 Å². The SMILES string of the molecule is C/C=C(C)/C=C(\C)CC(C)C(O)C(O)C1C/C=C/C=C/C(O)CC(O)C(CO)c2nc(cs2)/C=C(\C)C(=O)O1. The average molecular weight is 562 g/mol. The number of carbonyl (C=O) groups is 1. The number of allylic oxidation sites excluding steroid dienone is 6. The molecule has 216 valence electrons. The maximum atomic E-state index is 13.0. The van der Waals surface area contributed by atoms with E-state index in [1.165, 1.54) is 23.5 Å². The van der Waals surface area contributed by atoms with E-state index in [9.17, 15) is 30.3 Å². The van der Waals surface area contributed by atoms with Gasteiger partial charge in [-0.2, -0.15) is 0 Å². The summed E-state index contributed by atoms with van der Waals surface area (Å²) in [6.45, 7) is 8.99. The first-order chi connectivity index (χ1) is 18.5. The van der Waals surface area contributed by atoms with E-state index >= 15 is 0 Å². The number of hydrogen-bond donors (Lipinski definition) is 5. The number of cyclic esters (lactones) is 1. The fourth-order valence-electron chi connectivity index (χ4n) is 4.36. The Hall–Kier alpha value is -2.40. The van der Waals surface area contributed by atoms with Gasteiger partial charge in [-0.3, -0.25) is 0 Å². The third-order valence-corrected chi connectivity index (χ3v) is 7.78. The normalized spacial score (nSPS) is 29.4. The molecule has 1 aromatic heterocycles. The second-order valence-corrected chi connectivity index (χ2v) is 11.2. The Morgan fingerprint density at radius 3 is 2.64 bits per heavy atom. The second-order valence-electron chi connectivity index (χ2n) is 10.3. The topological polar surface area (TPSA) is 140 Å². The van der Waals surface area contributed by atoms with Crippen LogP contribution in [-0.2, 0) is 9.53 Å². The molecule has 2 bridgehead atoms. The molecule has 8 nitrogen and oxygen atoms in total. The van der Waals surface area contributed by atoms with E-state index in [2.05, 4.69) is 4.98 Å². The van der Waals surface area contributed by atoms with Crippen molar-refractivity contribution in [2.24, 2.45) is 5.92 Å². The summed E-state index contributed by atoms with van der Waals surface area (Å²) >= 11 is 1.24. The lowest BCUT2D eigenvalue weighted by Gasteiger charge is -2.30. The van der Waals surface area contributed by atoms with Crippen molar-refractivity contribution in [2.45, 2.75) is 90.3 Å². The van der Waals surface area contributed by atoms with Gasteiger partial charge in [-0.05, 0) is 46.1 Å². The highest BCUT2D eigenvalue weighted by atomic mass is 32.1. The predicted octanol–water partition coefficient (Wildman–Crippen LogP) is 3.82. The van der Waals surface area contributed by atoms with E-state index in [0.717, 1.165) is 11.1 Å². The molecule has 2 rings (SSSR count). The molecule has 0 saturated heterocycles. The lowest BCUT2D eigenvalue weighted by molar-refractivity contribution is -0.156. The van der Waals surface area contributed by atoms with Gasteiger partial charge in [-0.25, -0.2) is 9.78 Å². The van der Waals surface area contributed by atoms with E-state index in [0.29, 0.717) is 17.1 Å². The van der Waals surface area contributed by atoms with E-state index < -0.39 is 42.4 Å². The zero-order valence-corrected chi connectivity index (χ0v) is 24.2. The molecular weight excluding hydrogens is 518 g/mol. The molecule has 5 N–H and O–H groups in total. The van der Waals surface area contributed by atoms with Crippen LogP contribution in [0, 0.1) is 5.92 Å². The van der Waals surface area contributed by atoms with Crippen LogP contribution >= 0.6 is 11.3 Å². The number of hydrogen-bond acceptors (Lipinski definition) is 9. The molecular formula is C30H43NO7S. The summed E-state index contributed by atoms with van der Waals surface area (Å²) in [5.41, 5.74) is 2.88. The lowest BCUT2D eigenvalue weighted by atomic mass is 9.89. The standard InChI is InChI=1S/C30H43NO7S/c1-6-18(2)12-19(3)13-20(4)27(35)28(36)26-11-9-7-8-10-23(33)15-25(34)24(16-32)29-31-22(17-39-29)14-21(5)30(37)38-26/h6-10,12,14,17,20,23-28,32-36H,11,13,15-16H2,1-5H3/b9-7+,10-8+,18-6+,19-12+,21-14+. The summed E-state index contributed by atoms with van der Waals surface area (Å²) in [5, 5.41) is 54.9. The van der Waals surface area contributed by atoms with Crippen molar-refractivity contribution in [1.29, 1.82) is 0 Å². The van der Waals surface area contributed by atoms with Gasteiger partial charge < -0.3 is 30.3 Å². The van der Waals surface area contributed by atoms with Crippen LogP contribution in [0.4, 0.5) is 0 Å². The Kier molecular flexibility index (Phi) is 13.5. The van der Waals surface area contributed by atoms with E-state index in [-0.39, 0.29) is 30.9 Å². The third-order valence-electron chi connectivity index (χ3n) is 6.78. The number of nitrogens with zero attached hydrogens (tertiary/aromatic N) is 1. The molecule has 2 heterocycles. The number of fused-ring (bicyclic) bond motifs is 2. The predicted molar refractivity (Wildman–Crippen MR) is 154 cm³/mol. The summed E-state index contributed by atoms with van der Waals surface area (Å²) in [7, 11) is 0. The smallest absolute Gasteiger partial charge is 0.334 e. The monoisotopic (exact) mass is 561 g/mol. The van der Waals surface area contributed by atoms with Crippen molar-refractivity contribution >= 4 is 23.4 Å². The molecule has 0 spiro atoms.